The number of nitrogens with zero attached hydrogens (tertiary/aromatic N) is 1. The number of rotatable bonds is 4. The fourth-order valence-electron chi connectivity index (χ4n) is 1.29. The highest BCUT2D eigenvalue weighted by Gasteiger charge is 2.14. The number of thiazole rings is 1. The minimum atomic E-state index is -0.922. The number of carboxylic acid groups (broad SMARTS) is 1. The van der Waals surface area contributed by atoms with Crippen LogP contribution in [0.1, 0.15) is 55.1 Å². The lowest BCUT2D eigenvalue weighted by Gasteiger charge is -2.01. The van der Waals surface area contributed by atoms with Gasteiger partial charge in [0.25, 0.3) is 0 Å². The summed E-state index contributed by atoms with van der Waals surface area (Å²) in [6.07, 6.45) is 2.81. The van der Waals surface area contributed by atoms with Gasteiger partial charge in [0.1, 0.15) is 0 Å². The molecule has 0 aliphatic heterocycles. The van der Waals surface area contributed by atoms with Gasteiger partial charge >= 0.3 is 5.97 Å². The van der Waals surface area contributed by atoms with Crippen LogP contribution in [0.5, 0.6) is 0 Å². The number of carbonyl (C=O) groups is 1. The highest BCUT2D eigenvalue weighted by Crippen LogP contribution is 2.30. The van der Waals surface area contributed by atoms with E-state index in [0.29, 0.717) is 11.8 Å². The average molecular weight is 239 g/mol. The molecule has 0 aromatic carbocycles. The van der Waals surface area contributed by atoms with E-state index in [4.69, 9.17) is 5.11 Å². The van der Waals surface area contributed by atoms with Crippen molar-refractivity contribution in [2.75, 3.05) is 0 Å². The van der Waals surface area contributed by atoms with Crippen molar-refractivity contribution >= 4 is 23.4 Å². The second kappa shape index (κ2) is 5.25. The van der Waals surface area contributed by atoms with E-state index in [2.05, 4.69) is 32.7 Å². The first kappa shape index (κ1) is 12.9. The fraction of sp³-hybridized carbons (Fsp3) is 0.500. The van der Waals surface area contributed by atoms with Crippen LogP contribution in [0.4, 0.5) is 0 Å². The largest absolute Gasteiger partial charge is 0.478 e. The Morgan fingerprint density at radius 1 is 1.31 bits per heavy atom. The molecule has 0 saturated heterocycles. The van der Waals surface area contributed by atoms with Crippen molar-refractivity contribution in [2.24, 2.45) is 0 Å². The van der Waals surface area contributed by atoms with Gasteiger partial charge in [0.05, 0.1) is 15.6 Å². The minimum Gasteiger partial charge on any atom is -0.478 e. The Morgan fingerprint density at radius 3 is 2.38 bits per heavy atom. The fourth-order valence-corrected chi connectivity index (χ4v) is 2.42. The smallest absolute Gasteiger partial charge is 0.328 e. The predicted molar refractivity (Wildman–Crippen MR) is 67.0 cm³/mol. The number of hydrogen-bond acceptors (Lipinski definition) is 3. The van der Waals surface area contributed by atoms with Gasteiger partial charge in [-0.3, -0.25) is 0 Å². The standard InChI is InChI=1S/C12H17NO2S/c1-7(2)11-9(5-6-10(14)15)16-12(13-11)8(3)4/h5-8H,1-4H3,(H,14,15)/b6-5+. The monoisotopic (exact) mass is 239 g/mol. The van der Waals surface area contributed by atoms with Crippen LogP contribution in [0.15, 0.2) is 6.08 Å². The topological polar surface area (TPSA) is 50.2 Å². The van der Waals surface area contributed by atoms with Gasteiger partial charge in [-0.25, -0.2) is 9.78 Å². The van der Waals surface area contributed by atoms with Crippen molar-refractivity contribution in [3.63, 3.8) is 0 Å². The highest BCUT2D eigenvalue weighted by molar-refractivity contribution is 7.12. The van der Waals surface area contributed by atoms with Crippen molar-refractivity contribution in [3.8, 4) is 0 Å². The molecular formula is C12H17NO2S. The van der Waals surface area contributed by atoms with E-state index >= 15 is 0 Å². The van der Waals surface area contributed by atoms with Gasteiger partial charge in [0.2, 0.25) is 0 Å². The van der Waals surface area contributed by atoms with Crippen molar-refractivity contribution in [2.45, 2.75) is 39.5 Å². The molecule has 0 amide bonds. The molecule has 16 heavy (non-hydrogen) atoms. The second-order valence-corrected chi connectivity index (χ2v) is 5.34. The molecule has 1 aromatic rings. The molecular weight excluding hydrogens is 222 g/mol. The number of carboxylic acids is 1. The van der Waals surface area contributed by atoms with Gasteiger partial charge in [-0.1, -0.05) is 27.7 Å². The van der Waals surface area contributed by atoms with E-state index < -0.39 is 5.97 Å². The van der Waals surface area contributed by atoms with Gasteiger partial charge in [-0.15, -0.1) is 11.3 Å². The summed E-state index contributed by atoms with van der Waals surface area (Å²) in [5.74, 6) is -0.221. The highest BCUT2D eigenvalue weighted by atomic mass is 32.1. The maximum atomic E-state index is 10.5. The maximum absolute atomic E-state index is 10.5. The summed E-state index contributed by atoms with van der Waals surface area (Å²) in [5.41, 5.74) is 0.992. The molecule has 0 bridgehead atoms. The van der Waals surface area contributed by atoms with Crippen LogP contribution in [-0.2, 0) is 4.79 Å². The Labute approximate surface area is 99.8 Å². The van der Waals surface area contributed by atoms with Crippen LogP contribution in [0.3, 0.4) is 0 Å². The predicted octanol–water partition coefficient (Wildman–Crippen LogP) is 3.49. The van der Waals surface area contributed by atoms with Crippen molar-refractivity contribution in [1.29, 1.82) is 0 Å². The number of hydrogen-bond donors (Lipinski definition) is 1. The zero-order valence-corrected chi connectivity index (χ0v) is 10.8. The number of aliphatic carboxylic acids is 1. The van der Waals surface area contributed by atoms with Gasteiger partial charge in [-0.2, -0.15) is 0 Å². The lowest BCUT2D eigenvalue weighted by atomic mass is 10.1. The number of aromatic nitrogens is 1. The van der Waals surface area contributed by atoms with E-state index in [1.54, 1.807) is 17.4 Å². The molecule has 0 aliphatic rings. The third-order valence-corrected chi connectivity index (χ3v) is 3.45. The summed E-state index contributed by atoms with van der Waals surface area (Å²) in [6.45, 7) is 8.32. The van der Waals surface area contributed by atoms with Crippen LogP contribution < -0.4 is 0 Å². The van der Waals surface area contributed by atoms with Gasteiger partial charge in [0, 0.05) is 12.0 Å². The minimum absolute atomic E-state index is 0.317. The van der Waals surface area contributed by atoms with E-state index in [1.165, 1.54) is 6.08 Å². The summed E-state index contributed by atoms with van der Waals surface area (Å²) in [5, 5.41) is 9.68. The van der Waals surface area contributed by atoms with Crippen LogP contribution in [-0.4, -0.2) is 16.1 Å². The molecule has 0 aliphatic carbocycles. The molecule has 1 aromatic heterocycles. The van der Waals surface area contributed by atoms with Crippen molar-refractivity contribution < 1.29 is 9.90 Å². The van der Waals surface area contributed by atoms with E-state index in [0.717, 1.165) is 15.6 Å². The Kier molecular flexibility index (Phi) is 4.24. The molecule has 0 spiro atoms. The molecule has 0 saturated carbocycles. The molecule has 88 valence electrons. The van der Waals surface area contributed by atoms with Gasteiger partial charge < -0.3 is 5.11 Å². The van der Waals surface area contributed by atoms with Crippen molar-refractivity contribution in [3.05, 3.63) is 21.7 Å². The SMILES string of the molecule is CC(C)c1nc(C(C)C)c(/C=C/C(=O)O)s1. The third kappa shape index (κ3) is 3.17. The summed E-state index contributed by atoms with van der Waals surface area (Å²) in [6, 6.07) is 0. The first-order valence-electron chi connectivity index (χ1n) is 5.33. The van der Waals surface area contributed by atoms with Crippen LogP contribution >= 0.6 is 11.3 Å². The molecule has 3 nitrogen and oxygen atoms in total. The van der Waals surface area contributed by atoms with E-state index in [1.807, 2.05) is 0 Å². The van der Waals surface area contributed by atoms with E-state index in [9.17, 15) is 4.79 Å². The molecule has 0 fully saturated rings. The van der Waals surface area contributed by atoms with Crippen molar-refractivity contribution in [1.82, 2.24) is 4.98 Å². The van der Waals surface area contributed by atoms with Crippen LogP contribution in [0.2, 0.25) is 0 Å². The lowest BCUT2D eigenvalue weighted by molar-refractivity contribution is -0.131. The third-order valence-electron chi connectivity index (χ3n) is 2.12. The molecule has 4 heteroatoms. The maximum Gasteiger partial charge on any atom is 0.328 e. The molecule has 1 heterocycles. The second-order valence-electron chi connectivity index (χ2n) is 4.28. The molecule has 0 unspecified atom stereocenters. The molecule has 1 rings (SSSR count). The van der Waals surface area contributed by atoms with Gasteiger partial charge in [-0.05, 0) is 12.0 Å². The van der Waals surface area contributed by atoms with Crippen LogP contribution in [0, 0.1) is 0 Å². The lowest BCUT2D eigenvalue weighted by Crippen LogP contribution is -1.92. The zero-order chi connectivity index (χ0) is 12.3. The first-order chi connectivity index (χ1) is 7.41. The Morgan fingerprint density at radius 2 is 1.94 bits per heavy atom. The average Bonchev–Trinajstić information content (AvgIpc) is 2.58. The Balaban J connectivity index is 3.10. The van der Waals surface area contributed by atoms with Crippen LogP contribution in [0.25, 0.3) is 6.08 Å². The van der Waals surface area contributed by atoms with E-state index in [-0.39, 0.29) is 0 Å². The summed E-state index contributed by atoms with van der Waals surface area (Å²) in [7, 11) is 0. The summed E-state index contributed by atoms with van der Waals surface area (Å²) in [4.78, 5) is 16.0. The molecule has 0 radical (unpaired) electrons. The van der Waals surface area contributed by atoms with Gasteiger partial charge in [0.15, 0.2) is 0 Å². The first-order valence-corrected chi connectivity index (χ1v) is 6.15. The Hall–Kier alpha value is -1.16. The quantitative estimate of drug-likeness (QED) is 0.818. The molecule has 0 atom stereocenters. The Bertz CT molecular complexity index is 405. The summed E-state index contributed by atoms with van der Waals surface area (Å²) >= 11 is 1.58. The zero-order valence-electron chi connectivity index (χ0n) is 10.0. The summed E-state index contributed by atoms with van der Waals surface area (Å²) < 4.78 is 0. The normalized spacial score (nSPS) is 11.9. The molecule has 1 N–H and O–H groups in total.